The molecule has 0 saturated heterocycles. The van der Waals surface area contributed by atoms with Crippen LogP contribution in [-0.2, 0) is 0 Å². The van der Waals surface area contributed by atoms with Gasteiger partial charge in [0.25, 0.3) is 0 Å². The molecule has 0 N–H and O–H groups in total. The third-order valence-electron chi connectivity index (χ3n) is 29.4. The van der Waals surface area contributed by atoms with E-state index in [1.54, 1.807) is 0 Å². The second-order valence-corrected chi connectivity index (χ2v) is 36.9. The number of rotatable bonds is 0. The zero-order chi connectivity index (χ0) is 90.8. The summed E-state index contributed by atoms with van der Waals surface area (Å²) in [7, 11) is 0. The first-order valence-electron chi connectivity index (χ1n) is 48.0. The highest BCUT2D eigenvalue weighted by molar-refractivity contribution is 6.45. The van der Waals surface area contributed by atoms with Gasteiger partial charge < -0.3 is 0 Å². The summed E-state index contributed by atoms with van der Waals surface area (Å²) < 4.78 is 0. The van der Waals surface area contributed by atoms with E-state index in [2.05, 4.69) is 516 Å². The monoisotopic (exact) mass is 1740 g/mol. The standard InChI is InChI=1S/C24H12.C22H12.C20H12.C18H12.C16H10.2C14H10.C10H8/c1-2-14-5-6-16-9-11-18-12-10-17-8-7-15-4-3-13(1)19-20(14)22(16)24(18)23(17)21(15)19;1-3-13-7-9-15-11-12-16-10-8-14-4-2-6-18-17(5-1)19(13)21(15)22(16)20(14)18;1-5-13-6-2-11-17-18-12-4-8-14-7-3-10-16(20(14)18)15(9-1)19(13)17;1-2-8-14-13(7-1)15-9-3-4-11-17(15)18-12-6-5-10-16(14)18;1-3-11-7-9-13-5-2-6-14-10-8-12(4-1)15(11)16(13)14;1-3-7-13-11(5-1)9-10-12-6-2-4-8-14(12)13;1-2-6-12-10-14-8-4-3-7-13(14)9-11(12)5-1;1-2-5-9-7-4-8-10(9)6-3-1/h1-12H;1-12H;1-12H;1-12H;1-10H;2*1-10H;1-8H. The molecule has 0 aromatic heterocycles. The molecule has 0 nitrogen and oxygen atoms in total. The van der Waals surface area contributed by atoms with Gasteiger partial charge in [0.2, 0.25) is 0 Å². The fourth-order valence-corrected chi connectivity index (χ4v) is 23.2. The minimum Gasteiger partial charge on any atom is -0.0622 e. The molecule has 0 heterocycles. The summed E-state index contributed by atoms with van der Waals surface area (Å²) in [5.41, 5.74) is 2.62. The van der Waals surface area contributed by atoms with Gasteiger partial charge in [0.1, 0.15) is 0 Å². The van der Waals surface area contributed by atoms with Crippen LogP contribution in [0.2, 0.25) is 0 Å². The van der Waals surface area contributed by atoms with Gasteiger partial charge in [0.05, 0.1) is 0 Å². The normalized spacial score (nSPS) is 11.8. The highest BCUT2D eigenvalue weighted by atomic mass is 14.3. The van der Waals surface area contributed by atoms with E-state index < -0.39 is 0 Å². The lowest BCUT2D eigenvalue weighted by Gasteiger charge is -2.20. The molecule has 0 spiro atoms. The molecule has 0 bridgehead atoms. The first-order chi connectivity index (χ1) is 68.5. The first kappa shape index (κ1) is 79.8. The van der Waals surface area contributed by atoms with Crippen LogP contribution in [0.15, 0.2) is 522 Å². The summed E-state index contributed by atoms with van der Waals surface area (Å²) in [6, 6.07) is 188. The molecule has 34 rings (SSSR count). The van der Waals surface area contributed by atoms with Crippen molar-refractivity contribution in [2.45, 2.75) is 0 Å². The quantitative estimate of drug-likeness (QED) is 0.105. The van der Waals surface area contributed by atoms with Gasteiger partial charge in [-0.3, -0.25) is 0 Å². The van der Waals surface area contributed by atoms with Crippen LogP contribution in [0.3, 0.4) is 0 Å². The van der Waals surface area contributed by atoms with E-state index in [0.29, 0.717) is 0 Å². The summed E-state index contributed by atoms with van der Waals surface area (Å²) in [4.78, 5) is 0. The molecule has 0 saturated carbocycles. The smallest absolute Gasteiger partial charge is 0.00139 e. The fraction of sp³-hybridized carbons (Fsp3) is 0. The Hall–Kier alpha value is -17.9. The van der Waals surface area contributed by atoms with Gasteiger partial charge in [-0.05, 0) is 293 Å². The molecule has 638 valence electrons. The topological polar surface area (TPSA) is 0 Å². The average Bonchev–Trinajstić information content (AvgIpc) is 0.703. The molecule has 0 fully saturated rings. The molecule has 2 aliphatic carbocycles. The van der Waals surface area contributed by atoms with Gasteiger partial charge in [-0.2, -0.15) is 0 Å². The lowest BCUT2D eigenvalue weighted by molar-refractivity contribution is 1.76. The van der Waals surface area contributed by atoms with Crippen LogP contribution in [0.1, 0.15) is 0 Å². The third-order valence-corrected chi connectivity index (χ3v) is 29.4. The van der Waals surface area contributed by atoms with Gasteiger partial charge >= 0.3 is 0 Å². The Morgan fingerprint density at radius 3 is 0.449 bits per heavy atom. The second-order valence-electron chi connectivity index (χ2n) is 36.9. The molecule has 0 atom stereocenters. The molecule has 2 aliphatic rings. The summed E-state index contributed by atoms with van der Waals surface area (Å²) in [5, 5.41) is 68.1. The van der Waals surface area contributed by atoms with Gasteiger partial charge in [0.15, 0.2) is 0 Å². The fourth-order valence-electron chi connectivity index (χ4n) is 23.2. The van der Waals surface area contributed by atoms with Crippen LogP contribution in [-0.4, -0.2) is 0 Å². The Morgan fingerprint density at radius 2 is 0.203 bits per heavy atom. The van der Waals surface area contributed by atoms with Gasteiger partial charge in [-0.25, -0.2) is 0 Å². The van der Waals surface area contributed by atoms with E-state index in [4.69, 9.17) is 0 Å². The summed E-state index contributed by atoms with van der Waals surface area (Å²) in [6.07, 6.45) is 0. The minimum atomic E-state index is 1.31. The number of benzene rings is 32. The van der Waals surface area contributed by atoms with Crippen molar-refractivity contribution >= 4 is 269 Å². The molecular formula is C138H86. The lowest BCUT2D eigenvalue weighted by atomic mass is 9.83. The van der Waals surface area contributed by atoms with Crippen LogP contribution in [0.4, 0.5) is 0 Å². The van der Waals surface area contributed by atoms with Gasteiger partial charge in [-0.1, -0.05) is 510 Å². The van der Waals surface area contributed by atoms with E-state index in [1.807, 2.05) is 6.07 Å². The molecular weight excluding hydrogens is 1660 g/mol. The molecule has 0 aliphatic heterocycles. The molecule has 0 amide bonds. The zero-order valence-electron chi connectivity index (χ0n) is 75.7. The number of fused-ring (bicyclic) bond motifs is 15. The maximum atomic E-state index is 2.27. The summed E-state index contributed by atoms with van der Waals surface area (Å²) in [5.74, 6) is 0. The minimum absolute atomic E-state index is 1.31. The molecule has 0 heteroatoms. The largest absolute Gasteiger partial charge is 0.0622 e. The molecule has 138 heavy (non-hydrogen) atoms. The van der Waals surface area contributed by atoms with E-state index in [0.717, 1.165) is 0 Å². The second kappa shape index (κ2) is 33.1. The van der Waals surface area contributed by atoms with Crippen LogP contribution < -0.4 is 0 Å². The summed E-state index contributed by atoms with van der Waals surface area (Å²) in [6.45, 7) is 0. The molecule has 0 unspecified atom stereocenters. The predicted octanol–water partition coefficient (Wildman–Crippen LogP) is 39.5. The van der Waals surface area contributed by atoms with Crippen molar-refractivity contribution in [1.82, 2.24) is 0 Å². The Balaban J connectivity index is 0.0000000805. The predicted molar refractivity (Wildman–Crippen MR) is 604 cm³/mol. The van der Waals surface area contributed by atoms with Crippen molar-refractivity contribution < 1.29 is 0 Å². The number of hydrogen-bond donors (Lipinski definition) is 0. The van der Waals surface area contributed by atoms with Crippen molar-refractivity contribution in [3.63, 3.8) is 0 Å². The highest BCUT2D eigenvalue weighted by Gasteiger charge is 2.22. The lowest BCUT2D eigenvalue weighted by Crippen LogP contribution is -1.91. The zero-order valence-corrected chi connectivity index (χ0v) is 75.7. The maximum Gasteiger partial charge on any atom is -0.00139 e. The maximum absolute atomic E-state index is 2.27. The molecule has 32 aromatic carbocycles. The van der Waals surface area contributed by atoms with Crippen molar-refractivity contribution in [3.05, 3.63) is 522 Å². The first-order valence-corrected chi connectivity index (χ1v) is 48.0. The Kier molecular flexibility index (Phi) is 19.1. The third kappa shape index (κ3) is 13.3. The van der Waals surface area contributed by atoms with Gasteiger partial charge in [0, 0.05) is 0 Å². The van der Waals surface area contributed by atoms with Crippen LogP contribution in [0.5, 0.6) is 0 Å². The summed E-state index contributed by atoms with van der Waals surface area (Å²) >= 11 is 0. The van der Waals surface area contributed by atoms with Crippen LogP contribution in [0.25, 0.3) is 280 Å². The Labute approximate surface area is 796 Å². The average molecular weight is 1740 g/mol. The Bertz CT molecular complexity index is 9360. The highest BCUT2D eigenvalue weighted by Crippen LogP contribution is 2.51. The van der Waals surface area contributed by atoms with E-state index in [1.165, 1.54) is 280 Å². The van der Waals surface area contributed by atoms with Crippen molar-refractivity contribution in [2.75, 3.05) is 0 Å². The van der Waals surface area contributed by atoms with Crippen molar-refractivity contribution in [2.24, 2.45) is 0 Å². The van der Waals surface area contributed by atoms with E-state index in [-0.39, 0.29) is 0 Å². The SMILES string of the molecule is c1cc2ccc3ccc4ccc5ccc6ccc1c1c2c3c4c5c61.c1cc2ccc3ccc4ccc5cccc6c(c1)c2c3c4c56.c1cc2ccc3cccc4ccc(c1)c2c34.c1cc2cccc3c4cccc5cccc(c(c1)c23)c54.c1ccc2c(c1)c1ccccc1c1ccccc21.c1ccc2c(c1)ccc1ccccc12.c1ccc2cc3ccccc3cc2c1.c1ccc2cccc-2cc1. The van der Waals surface area contributed by atoms with Crippen molar-refractivity contribution in [1.29, 1.82) is 0 Å². The van der Waals surface area contributed by atoms with Crippen molar-refractivity contribution in [3.8, 4) is 11.1 Å². The van der Waals surface area contributed by atoms with E-state index >= 15 is 0 Å². The van der Waals surface area contributed by atoms with E-state index in [9.17, 15) is 0 Å². The Morgan fingerprint density at radius 1 is 0.0652 bits per heavy atom. The molecule has 0 radical (unpaired) electrons. The van der Waals surface area contributed by atoms with Crippen LogP contribution >= 0.6 is 0 Å². The van der Waals surface area contributed by atoms with Gasteiger partial charge in [-0.15, -0.1) is 0 Å². The molecule has 32 aromatic rings. The number of hydrogen-bond acceptors (Lipinski definition) is 0. The van der Waals surface area contributed by atoms with Crippen LogP contribution in [0, 0.1) is 0 Å².